The summed E-state index contributed by atoms with van der Waals surface area (Å²) in [6.07, 6.45) is 1.10. The van der Waals surface area contributed by atoms with Gasteiger partial charge in [0.15, 0.2) is 0 Å². The highest BCUT2D eigenvalue weighted by atomic mass is 19.1. The number of halogens is 1. The lowest BCUT2D eigenvalue weighted by Gasteiger charge is -2.16. The molecule has 1 aliphatic heterocycles. The second kappa shape index (κ2) is 4.63. The lowest BCUT2D eigenvalue weighted by Crippen LogP contribution is -2.28. The van der Waals surface area contributed by atoms with Crippen molar-refractivity contribution >= 4 is 0 Å². The van der Waals surface area contributed by atoms with Crippen LogP contribution in [-0.2, 0) is 0 Å². The first-order valence-electron chi connectivity index (χ1n) is 3.85. The molecule has 1 rings (SSSR count). The van der Waals surface area contributed by atoms with E-state index in [2.05, 4.69) is 10.2 Å². The van der Waals surface area contributed by atoms with Crippen LogP contribution >= 0.6 is 0 Å². The molecule has 0 N–H and O–H groups in total. The number of hydrogen-bond acceptors (Lipinski definition) is 1. The van der Waals surface area contributed by atoms with Gasteiger partial charge in [0.1, 0.15) is 6.67 Å². The largest absolute Gasteiger partial charge is 0.299 e. The summed E-state index contributed by atoms with van der Waals surface area (Å²) in [5.41, 5.74) is 0. The molecule has 0 aromatic rings. The van der Waals surface area contributed by atoms with Crippen molar-refractivity contribution in [3.8, 4) is 0 Å². The zero-order valence-corrected chi connectivity index (χ0v) is 6.22. The van der Waals surface area contributed by atoms with Gasteiger partial charge in [-0.25, -0.2) is 9.71 Å². The number of rotatable bonds is 2. The first kappa shape index (κ1) is 7.95. The van der Waals surface area contributed by atoms with Crippen molar-refractivity contribution in [2.75, 3.05) is 39.4 Å². The Bertz CT molecular complexity index is 79.7. The molecule has 0 bridgehead atoms. The fourth-order valence-corrected chi connectivity index (χ4v) is 1.18. The van der Waals surface area contributed by atoms with Gasteiger partial charge in [-0.15, -0.1) is 0 Å². The van der Waals surface area contributed by atoms with Gasteiger partial charge in [-0.05, 0) is 13.0 Å². The molecular weight excluding hydrogens is 131 g/mol. The Morgan fingerprint density at radius 3 is 3.00 bits per heavy atom. The molecule has 10 heavy (non-hydrogen) atoms. The molecular formula is C7H14FN2. The molecule has 1 radical (unpaired) electrons. The van der Waals surface area contributed by atoms with Crippen molar-refractivity contribution in [1.82, 2.24) is 10.2 Å². The summed E-state index contributed by atoms with van der Waals surface area (Å²) in [6, 6.07) is 0. The van der Waals surface area contributed by atoms with Crippen LogP contribution < -0.4 is 5.32 Å². The third kappa shape index (κ3) is 2.62. The van der Waals surface area contributed by atoms with E-state index in [-0.39, 0.29) is 6.67 Å². The molecule has 1 heterocycles. The molecule has 59 valence electrons. The Balaban J connectivity index is 2.15. The smallest absolute Gasteiger partial charge is 0.102 e. The second-order valence-corrected chi connectivity index (χ2v) is 2.55. The Labute approximate surface area is 61.4 Å². The Kier molecular flexibility index (Phi) is 3.68. The van der Waals surface area contributed by atoms with E-state index in [4.69, 9.17) is 0 Å². The molecule has 0 aromatic heterocycles. The van der Waals surface area contributed by atoms with Crippen molar-refractivity contribution in [1.29, 1.82) is 0 Å². The standard InChI is InChI=1S/C7H14FN2/c8-2-6-10-5-1-3-9-4-7-10/h1-7H2. The van der Waals surface area contributed by atoms with Crippen LogP contribution in [0.25, 0.3) is 0 Å². The van der Waals surface area contributed by atoms with E-state index in [9.17, 15) is 4.39 Å². The number of alkyl halides is 1. The summed E-state index contributed by atoms with van der Waals surface area (Å²) in [5.74, 6) is 0. The van der Waals surface area contributed by atoms with E-state index < -0.39 is 0 Å². The fraction of sp³-hybridized carbons (Fsp3) is 1.00. The van der Waals surface area contributed by atoms with E-state index in [0.29, 0.717) is 6.54 Å². The summed E-state index contributed by atoms with van der Waals surface area (Å²) in [6.45, 7) is 4.19. The molecule has 0 aliphatic carbocycles. The van der Waals surface area contributed by atoms with Gasteiger partial charge in [0.25, 0.3) is 0 Å². The SMILES string of the molecule is FCCN1CCC[N]CC1. The van der Waals surface area contributed by atoms with Crippen molar-refractivity contribution < 1.29 is 4.39 Å². The molecule has 1 fully saturated rings. The third-order valence-corrected chi connectivity index (χ3v) is 1.77. The minimum Gasteiger partial charge on any atom is -0.299 e. The van der Waals surface area contributed by atoms with Gasteiger partial charge >= 0.3 is 0 Å². The molecule has 0 atom stereocenters. The highest BCUT2D eigenvalue weighted by Crippen LogP contribution is 1.94. The van der Waals surface area contributed by atoms with Gasteiger partial charge in [-0.2, -0.15) is 0 Å². The highest BCUT2D eigenvalue weighted by Gasteiger charge is 2.07. The van der Waals surface area contributed by atoms with E-state index in [0.717, 1.165) is 32.6 Å². The first-order chi connectivity index (χ1) is 4.93. The van der Waals surface area contributed by atoms with E-state index >= 15 is 0 Å². The summed E-state index contributed by atoms with van der Waals surface area (Å²) in [4.78, 5) is 2.14. The van der Waals surface area contributed by atoms with Crippen molar-refractivity contribution in [2.45, 2.75) is 6.42 Å². The van der Waals surface area contributed by atoms with Crippen molar-refractivity contribution in [3.05, 3.63) is 0 Å². The van der Waals surface area contributed by atoms with Gasteiger partial charge < -0.3 is 0 Å². The molecule has 1 aliphatic rings. The zero-order chi connectivity index (χ0) is 7.23. The van der Waals surface area contributed by atoms with Gasteiger partial charge in [-0.3, -0.25) is 4.90 Å². The molecule has 1 saturated heterocycles. The maximum absolute atomic E-state index is 11.8. The summed E-state index contributed by atoms with van der Waals surface area (Å²) in [7, 11) is 0. The maximum atomic E-state index is 11.8. The molecule has 0 spiro atoms. The molecule has 0 aromatic carbocycles. The van der Waals surface area contributed by atoms with Crippen LogP contribution in [0.2, 0.25) is 0 Å². The van der Waals surface area contributed by atoms with Crippen LogP contribution in [0.4, 0.5) is 4.39 Å². The van der Waals surface area contributed by atoms with Gasteiger partial charge in [0.2, 0.25) is 0 Å². The predicted molar refractivity (Wildman–Crippen MR) is 38.9 cm³/mol. The fourth-order valence-electron chi connectivity index (χ4n) is 1.18. The van der Waals surface area contributed by atoms with Gasteiger partial charge in [0, 0.05) is 26.2 Å². The summed E-state index contributed by atoms with van der Waals surface area (Å²) in [5, 5.41) is 4.24. The highest BCUT2D eigenvalue weighted by molar-refractivity contribution is 4.64. The summed E-state index contributed by atoms with van der Waals surface area (Å²) >= 11 is 0. The van der Waals surface area contributed by atoms with E-state index in [1.54, 1.807) is 0 Å². The quantitative estimate of drug-likeness (QED) is 0.545. The minimum atomic E-state index is -0.222. The van der Waals surface area contributed by atoms with Crippen LogP contribution in [-0.4, -0.2) is 44.3 Å². The number of nitrogens with zero attached hydrogens (tertiary/aromatic N) is 2. The Hall–Kier alpha value is -0.150. The van der Waals surface area contributed by atoms with E-state index in [1.165, 1.54) is 0 Å². The second-order valence-electron chi connectivity index (χ2n) is 2.55. The zero-order valence-electron chi connectivity index (χ0n) is 6.22. The maximum Gasteiger partial charge on any atom is 0.102 e. The van der Waals surface area contributed by atoms with Crippen LogP contribution in [0.1, 0.15) is 6.42 Å². The topological polar surface area (TPSA) is 17.3 Å². The van der Waals surface area contributed by atoms with E-state index in [1.807, 2.05) is 0 Å². The number of hydrogen-bond donors (Lipinski definition) is 0. The molecule has 0 amide bonds. The Morgan fingerprint density at radius 1 is 1.30 bits per heavy atom. The first-order valence-corrected chi connectivity index (χ1v) is 3.85. The van der Waals surface area contributed by atoms with Crippen LogP contribution in [0.15, 0.2) is 0 Å². The Morgan fingerprint density at radius 2 is 2.20 bits per heavy atom. The van der Waals surface area contributed by atoms with Gasteiger partial charge in [0.05, 0.1) is 0 Å². The molecule has 0 unspecified atom stereocenters. The van der Waals surface area contributed by atoms with Crippen molar-refractivity contribution in [3.63, 3.8) is 0 Å². The molecule has 0 saturated carbocycles. The molecule has 2 nitrogen and oxygen atoms in total. The monoisotopic (exact) mass is 145 g/mol. The lowest BCUT2D eigenvalue weighted by atomic mass is 10.4. The summed E-state index contributed by atoms with van der Waals surface area (Å²) < 4.78 is 11.8. The van der Waals surface area contributed by atoms with Crippen LogP contribution in [0.5, 0.6) is 0 Å². The average Bonchev–Trinajstić information content (AvgIpc) is 2.17. The molecule has 3 heteroatoms. The van der Waals surface area contributed by atoms with Gasteiger partial charge in [-0.1, -0.05) is 0 Å². The van der Waals surface area contributed by atoms with Crippen LogP contribution in [0, 0.1) is 0 Å². The van der Waals surface area contributed by atoms with Crippen LogP contribution in [0.3, 0.4) is 0 Å². The lowest BCUT2D eigenvalue weighted by molar-refractivity contribution is 0.262. The third-order valence-electron chi connectivity index (χ3n) is 1.77. The van der Waals surface area contributed by atoms with Crippen molar-refractivity contribution in [2.24, 2.45) is 0 Å². The average molecular weight is 145 g/mol. The minimum absolute atomic E-state index is 0.222. The predicted octanol–water partition coefficient (Wildman–Crippen LogP) is 0.266. The normalized spacial score (nSPS) is 22.5.